The first-order valence-electron chi connectivity index (χ1n) is 8.43. The average molecular weight is 369 g/mol. The van der Waals surface area contributed by atoms with Crippen molar-refractivity contribution in [3.8, 4) is 0 Å². The first kappa shape index (κ1) is 18.3. The van der Waals surface area contributed by atoms with Gasteiger partial charge in [0, 0.05) is 38.1 Å². The molecule has 2 heterocycles. The van der Waals surface area contributed by atoms with Crippen molar-refractivity contribution < 1.29 is 4.79 Å². The summed E-state index contributed by atoms with van der Waals surface area (Å²) in [6.07, 6.45) is 2.72. The maximum Gasteiger partial charge on any atom is 0.234 e. The molecule has 0 radical (unpaired) electrons. The molecule has 3 aromatic rings. The number of nitrogens with zero attached hydrogens (tertiary/aromatic N) is 4. The Morgan fingerprint density at radius 1 is 1.15 bits per heavy atom. The highest BCUT2D eigenvalue weighted by molar-refractivity contribution is 7.99. The molecule has 1 aromatic carbocycles. The maximum absolute atomic E-state index is 12.3. The van der Waals surface area contributed by atoms with Gasteiger partial charge in [-0.25, -0.2) is 0 Å². The van der Waals surface area contributed by atoms with Crippen molar-refractivity contribution in [3.63, 3.8) is 0 Å². The molecule has 0 unspecified atom stereocenters. The number of nitrogens with one attached hydrogen (secondary N) is 1. The number of rotatable bonds is 6. The van der Waals surface area contributed by atoms with Gasteiger partial charge in [0.25, 0.3) is 0 Å². The fourth-order valence-electron chi connectivity index (χ4n) is 2.67. The zero-order valence-corrected chi connectivity index (χ0v) is 16.3. The molecule has 2 aromatic heterocycles. The van der Waals surface area contributed by atoms with Gasteiger partial charge in [-0.15, -0.1) is 10.2 Å². The van der Waals surface area contributed by atoms with Gasteiger partial charge in [0.05, 0.1) is 5.75 Å². The Morgan fingerprint density at radius 2 is 1.96 bits per heavy atom. The van der Waals surface area contributed by atoms with Gasteiger partial charge in [0.2, 0.25) is 5.91 Å². The lowest BCUT2D eigenvalue weighted by atomic mass is 10.1. The smallest absolute Gasteiger partial charge is 0.234 e. The molecule has 1 N–H and O–H groups in total. The second-order valence-corrected chi connectivity index (χ2v) is 7.27. The molecule has 0 aliphatic heterocycles. The van der Waals surface area contributed by atoms with Gasteiger partial charge in [0.15, 0.2) is 5.16 Å². The minimum atomic E-state index is -0.0457. The lowest BCUT2D eigenvalue weighted by Crippen LogP contribution is -2.15. The highest BCUT2D eigenvalue weighted by Gasteiger charge is 2.13. The van der Waals surface area contributed by atoms with E-state index >= 15 is 0 Å². The maximum atomic E-state index is 12.3. The summed E-state index contributed by atoms with van der Waals surface area (Å²) >= 11 is 1.39. The van der Waals surface area contributed by atoms with Crippen LogP contribution in [0.2, 0.25) is 0 Å². The predicted molar refractivity (Wildman–Crippen MR) is 104 cm³/mol. The third kappa shape index (κ3) is 3.99. The van der Waals surface area contributed by atoms with Crippen molar-refractivity contribution in [1.29, 1.82) is 0 Å². The fourth-order valence-corrected chi connectivity index (χ4v) is 3.40. The monoisotopic (exact) mass is 369 g/mol. The van der Waals surface area contributed by atoms with E-state index in [-0.39, 0.29) is 5.91 Å². The summed E-state index contributed by atoms with van der Waals surface area (Å²) in [5, 5.41) is 12.2. The van der Waals surface area contributed by atoms with Crippen LogP contribution in [0.5, 0.6) is 0 Å². The van der Waals surface area contributed by atoms with Crippen LogP contribution in [0.4, 0.5) is 5.69 Å². The summed E-state index contributed by atoms with van der Waals surface area (Å²) in [6, 6.07) is 9.99. The molecule has 3 rings (SSSR count). The normalized spacial score (nSPS) is 10.9. The van der Waals surface area contributed by atoms with Crippen molar-refractivity contribution in [3.05, 3.63) is 59.2 Å². The van der Waals surface area contributed by atoms with Crippen LogP contribution in [-0.4, -0.2) is 31.0 Å². The molecule has 0 fully saturated rings. The predicted octanol–water partition coefficient (Wildman–Crippen LogP) is 3.09. The number of thioether (sulfide) groups is 1. The van der Waals surface area contributed by atoms with Crippen molar-refractivity contribution in [2.75, 3.05) is 11.1 Å². The molecule has 136 valence electrons. The van der Waals surface area contributed by atoms with Gasteiger partial charge in [-0.05, 0) is 43.2 Å². The molecular formula is C19H23N5OS. The number of carbonyl (C=O) groups excluding carboxylic acids is 1. The van der Waals surface area contributed by atoms with Crippen LogP contribution in [0, 0.1) is 13.8 Å². The summed E-state index contributed by atoms with van der Waals surface area (Å²) in [6.45, 7) is 4.05. The number of anilines is 1. The third-order valence-corrected chi connectivity index (χ3v) is 5.55. The molecular weight excluding hydrogens is 346 g/mol. The zero-order valence-electron chi connectivity index (χ0n) is 15.5. The number of carbonyl (C=O) groups is 1. The van der Waals surface area contributed by atoms with Crippen molar-refractivity contribution in [2.45, 2.75) is 25.4 Å². The fraction of sp³-hybridized carbons (Fsp3) is 0.316. The highest BCUT2D eigenvalue weighted by atomic mass is 32.2. The minimum absolute atomic E-state index is 0.0457. The van der Waals surface area contributed by atoms with E-state index in [4.69, 9.17) is 0 Å². The van der Waals surface area contributed by atoms with Crippen molar-refractivity contribution in [2.24, 2.45) is 14.1 Å². The average Bonchev–Trinajstić information content (AvgIpc) is 3.17. The molecule has 6 nitrogen and oxygen atoms in total. The van der Waals surface area contributed by atoms with Gasteiger partial charge in [-0.1, -0.05) is 23.9 Å². The summed E-state index contributed by atoms with van der Waals surface area (Å²) in [5.41, 5.74) is 4.28. The highest BCUT2D eigenvalue weighted by Crippen LogP contribution is 2.20. The summed E-state index contributed by atoms with van der Waals surface area (Å²) < 4.78 is 4.02. The van der Waals surface area contributed by atoms with Gasteiger partial charge >= 0.3 is 0 Å². The van der Waals surface area contributed by atoms with Crippen LogP contribution in [0.25, 0.3) is 0 Å². The molecule has 0 aliphatic carbocycles. The van der Waals surface area contributed by atoms with Crippen LogP contribution in [-0.2, 0) is 25.3 Å². The lowest BCUT2D eigenvalue weighted by Gasteiger charge is -2.10. The Hall–Kier alpha value is -2.54. The molecule has 1 amide bonds. The number of amides is 1. The Labute approximate surface area is 157 Å². The van der Waals surface area contributed by atoms with E-state index in [1.165, 1.54) is 17.5 Å². The van der Waals surface area contributed by atoms with E-state index in [0.717, 1.165) is 27.8 Å². The first-order chi connectivity index (χ1) is 12.5. The van der Waals surface area contributed by atoms with Crippen LogP contribution >= 0.6 is 11.8 Å². The Bertz CT molecular complexity index is 928. The van der Waals surface area contributed by atoms with E-state index in [0.29, 0.717) is 12.2 Å². The molecule has 0 bridgehead atoms. The number of aryl methyl sites for hydroxylation is 2. The van der Waals surface area contributed by atoms with E-state index in [9.17, 15) is 4.79 Å². The minimum Gasteiger partial charge on any atom is -0.354 e. The van der Waals surface area contributed by atoms with E-state index in [1.54, 1.807) is 0 Å². The van der Waals surface area contributed by atoms with Crippen LogP contribution in [0.1, 0.15) is 22.6 Å². The quantitative estimate of drug-likeness (QED) is 0.678. The van der Waals surface area contributed by atoms with Crippen LogP contribution in [0.3, 0.4) is 0 Å². The lowest BCUT2D eigenvalue weighted by molar-refractivity contribution is -0.113. The molecule has 7 heteroatoms. The zero-order chi connectivity index (χ0) is 18.7. The number of benzene rings is 1. The number of hydrogen-bond acceptors (Lipinski definition) is 4. The molecule has 0 saturated carbocycles. The first-order valence-corrected chi connectivity index (χ1v) is 9.41. The summed E-state index contributed by atoms with van der Waals surface area (Å²) in [4.78, 5) is 12.3. The standard InChI is InChI=1S/C19H23N5OS/c1-13-7-5-9-16(14(13)2)20-18(25)12-26-19-22-21-17(24(19)4)11-15-8-6-10-23(15)3/h5-10H,11-12H2,1-4H3,(H,20,25). The molecule has 26 heavy (non-hydrogen) atoms. The van der Waals surface area contributed by atoms with Gasteiger partial charge in [-0.3, -0.25) is 4.79 Å². The number of aromatic nitrogens is 4. The molecule has 0 atom stereocenters. The summed E-state index contributed by atoms with van der Waals surface area (Å²) in [7, 11) is 3.95. The van der Waals surface area contributed by atoms with Gasteiger partial charge in [-0.2, -0.15) is 0 Å². The summed E-state index contributed by atoms with van der Waals surface area (Å²) in [5.74, 6) is 1.13. The van der Waals surface area contributed by atoms with Crippen LogP contribution < -0.4 is 5.32 Å². The largest absolute Gasteiger partial charge is 0.354 e. The van der Waals surface area contributed by atoms with Crippen molar-refractivity contribution in [1.82, 2.24) is 19.3 Å². The van der Waals surface area contributed by atoms with Gasteiger partial charge < -0.3 is 14.5 Å². The molecule has 0 aliphatic rings. The molecule has 0 spiro atoms. The van der Waals surface area contributed by atoms with E-state index in [2.05, 4.69) is 26.1 Å². The SMILES string of the molecule is Cc1cccc(NC(=O)CSc2nnc(Cc3cccn3C)n2C)c1C. The van der Waals surface area contributed by atoms with Crippen molar-refractivity contribution >= 4 is 23.4 Å². The molecule has 0 saturated heterocycles. The second-order valence-electron chi connectivity index (χ2n) is 6.33. The van der Waals surface area contributed by atoms with Gasteiger partial charge in [0.1, 0.15) is 5.82 Å². The van der Waals surface area contributed by atoms with Crippen LogP contribution in [0.15, 0.2) is 41.7 Å². The Morgan fingerprint density at radius 3 is 2.69 bits per heavy atom. The van der Waals surface area contributed by atoms with E-state index in [1.807, 2.05) is 63.0 Å². The second kappa shape index (κ2) is 7.78. The third-order valence-electron chi connectivity index (χ3n) is 4.53. The Balaban J connectivity index is 1.60. The number of hydrogen-bond donors (Lipinski definition) is 1. The topological polar surface area (TPSA) is 64.7 Å². The Kier molecular flexibility index (Phi) is 5.46. The van der Waals surface area contributed by atoms with E-state index < -0.39 is 0 Å².